The summed E-state index contributed by atoms with van der Waals surface area (Å²) in [7, 11) is 0. The van der Waals surface area contributed by atoms with Crippen molar-refractivity contribution in [3.63, 3.8) is 0 Å². The van der Waals surface area contributed by atoms with Crippen LogP contribution >= 0.6 is 11.6 Å². The SMILES string of the molecule is C#CCOCCC(=O)Nc1c(C)c(C)nn1-c1ccc(Cl)cc1. The summed E-state index contributed by atoms with van der Waals surface area (Å²) in [5.74, 6) is 2.85. The molecule has 1 aromatic heterocycles. The van der Waals surface area contributed by atoms with E-state index in [9.17, 15) is 4.79 Å². The average molecular weight is 332 g/mol. The summed E-state index contributed by atoms with van der Waals surface area (Å²) in [5, 5.41) is 8.00. The van der Waals surface area contributed by atoms with E-state index in [1.54, 1.807) is 16.8 Å². The van der Waals surface area contributed by atoms with Crippen LogP contribution in [0.4, 0.5) is 5.82 Å². The first kappa shape index (κ1) is 17.1. The second-order valence-corrected chi connectivity index (χ2v) is 5.44. The first-order chi connectivity index (χ1) is 11.0. The van der Waals surface area contributed by atoms with E-state index in [-0.39, 0.29) is 25.5 Å². The Kier molecular flexibility index (Phi) is 5.80. The van der Waals surface area contributed by atoms with E-state index in [1.807, 2.05) is 26.0 Å². The molecule has 0 unspecified atom stereocenters. The van der Waals surface area contributed by atoms with Crippen LogP contribution in [0.5, 0.6) is 0 Å². The topological polar surface area (TPSA) is 56.1 Å². The third kappa shape index (κ3) is 4.35. The van der Waals surface area contributed by atoms with Crippen LogP contribution in [0.2, 0.25) is 5.02 Å². The monoisotopic (exact) mass is 331 g/mol. The number of aryl methyl sites for hydroxylation is 1. The van der Waals surface area contributed by atoms with Gasteiger partial charge in [-0.1, -0.05) is 17.5 Å². The lowest BCUT2D eigenvalue weighted by molar-refractivity contribution is -0.117. The van der Waals surface area contributed by atoms with Gasteiger partial charge in [0, 0.05) is 10.6 Å². The minimum atomic E-state index is -0.153. The van der Waals surface area contributed by atoms with Gasteiger partial charge in [-0.2, -0.15) is 5.10 Å². The van der Waals surface area contributed by atoms with Crippen LogP contribution in [0.25, 0.3) is 5.69 Å². The number of amides is 1. The zero-order chi connectivity index (χ0) is 16.8. The molecule has 0 saturated carbocycles. The predicted molar refractivity (Wildman–Crippen MR) is 90.9 cm³/mol. The molecule has 2 aromatic rings. The van der Waals surface area contributed by atoms with Crippen molar-refractivity contribution in [2.75, 3.05) is 18.5 Å². The maximum atomic E-state index is 12.1. The highest BCUT2D eigenvalue weighted by Crippen LogP contribution is 2.23. The summed E-state index contributed by atoms with van der Waals surface area (Å²) in [5.41, 5.74) is 2.58. The standard InChI is InChI=1S/C17H18ClN3O2/c1-4-10-23-11-9-16(22)19-17-12(2)13(3)20-21(17)15-7-5-14(18)6-8-15/h1,5-8H,9-11H2,2-3H3,(H,19,22). The molecule has 1 amide bonds. The summed E-state index contributed by atoms with van der Waals surface area (Å²) in [4.78, 5) is 12.1. The Morgan fingerprint density at radius 2 is 2.09 bits per heavy atom. The van der Waals surface area contributed by atoms with E-state index in [2.05, 4.69) is 16.3 Å². The van der Waals surface area contributed by atoms with Gasteiger partial charge < -0.3 is 10.1 Å². The van der Waals surface area contributed by atoms with Crippen LogP contribution in [0.3, 0.4) is 0 Å². The molecular formula is C17H18ClN3O2. The number of carbonyl (C=O) groups is 1. The summed E-state index contributed by atoms with van der Waals surface area (Å²) in [6.45, 7) is 4.30. The zero-order valence-corrected chi connectivity index (χ0v) is 13.9. The van der Waals surface area contributed by atoms with Gasteiger partial charge >= 0.3 is 0 Å². The van der Waals surface area contributed by atoms with Gasteiger partial charge in [-0.3, -0.25) is 4.79 Å². The Hall–Kier alpha value is -2.29. The first-order valence-corrected chi connectivity index (χ1v) is 7.54. The Labute approximate surface area is 140 Å². The molecule has 0 atom stereocenters. The molecule has 1 aromatic carbocycles. The number of anilines is 1. The highest BCUT2D eigenvalue weighted by molar-refractivity contribution is 6.30. The van der Waals surface area contributed by atoms with Crippen molar-refractivity contribution in [3.05, 3.63) is 40.5 Å². The second-order valence-electron chi connectivity index (χ2n) is 5.00. The van der Waals surface area contributed by atoms with Crippen molar-refractivity contribution < 1.29 is 9.53 Å². The molecule has 0 aliphatic carbocycles. The minimum Gasteiger partial charge on any atom is -0.368 e. The smallest absolute Gasteiger partial charge is 0.227 e. The number of rotatable bonds is 6. The van der Waals surface area contributed by atoms with Crippen molar-refractivity contribution in [3.8, 4) is 18.0 Å². The Morgan fingerprint density at radius 3 is 2.74 bits per heavy atom. The number of ether oxygens (including phenoxy) is 1. The lowest BCUT2D eigenvalue weighted by atomic mass is 10.2. The minimum absolute atomic E-state index is 0.153. The highest BCUT2D eigenvalue weighted by atomic mass is 35.5. The van der Waals surface area contributed by atoms with Crippen molar-refractivity contribution in [2.24, 2.45) is 0 Å². The lowest BCUT2D eigenvalue weighted by Crippen LogP contribution is -2.17. The summed E-state index contributed by atoms with van der Waals surface area (Å²) >= 11 is 5.92. The van der Waals surface area contributed by atoms with Gasteiger partial charge in [-0.05, 0) is 38.1 Å². The number of carbonyl (C=O) groups excluding carboxylic acids is 1. The van der Waals surface area contributed by atoms with E-state index in [4.69, 9.17) is 22.8 Å². The highest BCUT2D eigenvalue weighted by Gasteiger charge is 2.15. The van der Waals surface area contributed by atoms with E-state index < -0.39 is 0 Å². The number of benzene rings is 1. The molecule has 0 aliphatic rings. The third-order valence-electron chi connectivity index (χ3n) is 3.35. The number of hydrogen-bond acceptors (Lipinski definition) is 3. The van der Waals surface area contributed by atoms with Crippen LogP contribution in [-0.2, 0) is 9.53 Å². The fourth-order valence-corrected chi connectivity index (χ4v) is 2.14. The van der Waals surface area contributed by atoms with E-state index in [1.165, 1.54) is 0 Å². The van der Waals surface area contributed by atoms with Gasteiger partial charge in [0.15, 0.2) is 0 Å². The van der Waals surface area contributed by atoms with Crippen molar-refractivity contribution in [2.45, 2.75) is 20.3 Å². The molecule has 0 saturated heterocycles. The van der Waals surface area contributed by atoms with Crippen molar-refractivity contribution in [1.29, 1.82) is 0 Å². The number of aromatic nitrogens is 2. The molecule has 0 spiro atoms. The lowest BCUT2D eigenvalue weighted by Gasteiger charge is -2.10. The van der Waals surface area contributed by atoms with Gasteiger partial charge in [0.25, 0.3) is 0 Å². The Balaban J connectivity index is 2.16. The molecule has 0 fully saturated rings. The normalized spacial score (nSPS) is 10.3. The summed E-state index contributed by atoms with van der Waals surface area (Å²) in [6.07, 6.45) is 5.32. The van der Waals surface area contributed by atoms with Gasteiger partial charge in [-0.25, -0.2) is 4.68 Å². The summed E-state index contributed by atoms with van der Waals surface area (Å²) in [6, 6.07) is 7.25. The van der Waals surface area contributed by atoms with E-state index >= 15 is 0 Å². The van der Waals surface area contributed by atoms with Gasteiger partial charge in [-0.15, -0.1) is 6.42 Å². The maximum absolute atomic E-state index is 12.1. The zero-order valence-electron chi connectivity index (χ0n) is 13.1. The predicted octanol–water partition coefficient (Wildman–Crippen LogP) is 3.12. The molecule has 0 radical (unpaired) electrons. The van der Waals surface area contributed by atoms with E-state index in [0.29, 0.717) is 10.8 Å². The molecule has 2 rings (SSSR count). The molecule has 0 bridgehead atoms. The number of nitrogens with zero attached hydrogens (tertiary/aromatic N) is 2. The van der Waals surface area contributed by atoms with Crippen LogP contribution in [0.1, 0.15) is 17.7 Å². The van der Waals surface area contributed by atoms with E-state index in [0.717, 1.165) is 16.9 Å². The van der Waals surface area contributed by atoms with Crippen LogP contribution in [0.15, 0.2) is 24.3 Å². The number of terminal acetylenes is 1. The fourth-order valence-electron chi connectivity index (χ4n) is 2.01. The first-order valence-electron chi connectivity index (χ1n) is 7.16. The van der Waals surface area contributed by atoms with Crippen LogP contribution < -0.4 is 5.32 Å². The molecule has 5 nitrogen and oxygen atoms in total. The van der Waals surface area contributed by atoms with Crippen LogP contribution in [-0.4, -0.2) is 28.9 Å². The van der Waals surface area contributed by atoms with Crippen molar-refractivity contribution in [1.82, 2.24) is 9.78 Å². The molecule has 120 valence electrons. The third-order valence-corrected chi connectivity index (χ3v) is 3.60. The number of hydrogen-bond donors (Lipinski definition) is 1. The molecule has 1 heterocycles. The van der Waals surface area contributed by atoms with Gasteiger partial charge in [0.2, 0.25) is 5.91 Å². The fraction of sp³-hybridized carbons (Fsp3) is 0.294. The molecule has 0 aliphatic heterocycles. The molecule has 23 heavy (non-hydrogen) atoms. The average Bonchev–Trinajstić information content (AvgIpc) is 2.81. The quantitative estimate of drug-likeness (QED) is 0.653. The number of nitrogens with one attached hydrogen (secondary N) is 1. The molecule has 1 N–H and O–H groups in total. The second kappa shape index (κ2) is 7.82. The summed E-state index contributed by atoms with van der Waals surface area (Å²) < 4.78 is 6.82. The molecular weight excluding hydrogens is 314 g/mol. The molecule has 6 heteroatoms. The van der Waals surface area contributed by atoms with Crippen molar-refractivity contribution >= 4 is 23.3 Å². The van der Waals surface area contributed by atoms with Gasteiger partial charge in [0.05, 0.1) is 24.4 Å². The Morgan fingerprint density at radius 1 is 1.39 bits per heavy atom. The number of halogens is 1. The largest absolute Gasteiger partial charge is 0.368 e. The van der Waals surface area contributed by atoms with Gasteiger partial charge in [0.1, 0.15) is 12.4 Å². The van der Waals surface area contributed by atoms with Crippen LogP contribution in [0, 0.1) is 26.2 Å². The Bertz CT molecular complexity index is 730. The maximum Gasteiger partial charge on any atom is 0.227 e.